The highest BCUT2D eigenvalue weighted by Gasteiger charge is 2.37. The molecule has 1 aliphatic rings. The van der Waals surface area contributed by atoms with Gasteiger partial charge in [-0.05, 0) is 37.3 Å². The molecule has 24 heavy (non-hydrogen) atoms. The van der Waals surface area contributed by atoms with Crippen LogP contribution < -0.4 is 0 Å². The van der Waals surface area contributed by atoms with Crippen LogP contribution in [0, 0.1) is 35.8 Å². The molecule has 1 saturated heterocycles. The molecular weight excluding hydrogens is 336 g/mol. The molecule has 1 aromatic rings. The first-order valence-electron chi connectivity index (χ1n) is 7.52. The number of carboxylic acids is 1. The standard InChI is InChI=1S/C15H20N2O6S/c1-9-4-12(15(18)19)8-16(7-9)24(22,23)14-6-13(17(20)21)5-10(2)11(14)3/h5-6,9,12H,4,7-8H2,1-3H3,(H,18,19). The Morgan fingerprint density at radius 2 is 1.96 bits per heavy atom. The van der Waals surface area contributed by atoms with Gasteiger partial charge in [-0.3, -0.25) is 14.9 Å². The Labute approximate surface area is 140 Å². The van der Waals surface area contributed by atoms with Crippen molar-refractivity contribution in [1.29, 1.82) is 0 Å². The Hall–Kier alpha value is -2.00. The molecule has 0 aromatic heterocycles. The molecule has 9 heteroatoms. The fourth-order valence-electron chi connectivity index (χ4n) is 3.00. The van der Waals surface area contributed by atoms with Gasteiger partial charge in [-0.2, -0.15) is 4.31 Å². The molecule has 1 aromatic carbocycles. The minimum absolute atomic E-state index is 0.102. The van der Waals surface area contributed by atoms with Crippen molar-refractivity contribution in [2.75, 3.05) is 13.1 Å². The van der Waals surface area contributed by atoms with Crippen LogP contribution in [0.1, 0.15) is 24.5 Å². The molecule has 2 atom stereocenters. The number of piperidine rings is 1. The van der Waals surface area contributed by atoms with E-state index >= 15 is 0 Å². The van der Waals surface area contributed by atoms with Crippen LogP contribution in [-0.2, 0) is 14.8 Å². The first-order valence-corrected chi connectivity index (χ1v) is 8.96. The molecule has 1 heterocycles. The number of carbonyl (C=O) groups is 1. The molecule has 1 N–H and O–H groups in total. The number of rotatable bonds is 4. The third-order valence-corrected chi connectivity index (χ3v) is 6.37. The number of benzene rings is 1. The van der Waals surface area contributed by atoms with Crippen LogP contribution in [0.2, 0.25) is 0 Å². The lowest BCUT2D eigenvalue weighted by Gasteiger charge is -2.34. The van der Waals surface area contributed by atoms with Gasteiger partial charge in [-0.15, -0.1) is 0 Å². The van der Waals surface area contributed by atoms with Gasteiger partial charge in [0.25, 0.3) is 5.69 Å². The second-order valence-corrected chi connectivity index (χ2v) is 8.25. The molecular formula is C15H20N2O6S. The summed E-state index contributed by atoms with van der Waals surface area (Å²) in [5, 5.41) is 20.2. The van der Waals surface area contributed by atoms with Crippen LogP contribution >= 0.6 is 0 Å². The van der Waals surface area contributed by atoms with Gasteiger partial charge in [-0.1, -0.05) is 6.92 Å². The molecule has 2 rings (SSSR count). The maximum Gasteiger partial charge on any atom is 0.307 e. The van der Waals surface area contributed by atoms with E-state index in [9.17, 15) is 28.4 Å². The second kappa shape index (κ2) is 6.48. The Bertz CT molecular complexity index is 789. The van der Waals surface area contributed by atoms with Gasteiger partial charge in [-0.25, -0.2) is 8.42 Å². The molecule has 8 nitrogen and oxygen atoms in total. The Balaban J connectivity index is 2.50. The zero-order valence-corrected chi connectivity index (χ0v) is 14.5. The molecule has 1 aliphatic heterocycles. The van der Waals surface area contributed by atoms with E-state index in [-0.39, 0.29) is 29.6 Å². The molecule has 0 bridgehead atoms. The predicted molar refractivity (Wildman–Crippen MR) is 86.2 cm³/mol. The summed E-state index contributed by atoms with van der Waals surface area (Å²) in [4.78, 5) is 21.5. The van der Waals surface area contributed by atoms with E-state index in [1.165, 1.54) is 6.07 Å². The van der Waals surface area contributed by atoms with Gasteiger partial charge < -0.3 is 5.11 Å². The van der Waals surface area contributed by atoms with Crippen molar-refractivity contribution in [1.82, 2.24) is 4.31 Å². The quantitative estimate of drug-likeness (QED) is 0.650. The Morgan fingerprint density at radius 1 is 1.33 bits per heavy atom. The molecule has 0 spiro atoms. The van der Waals surface area contributed by atoms with Crippen LogP contribution in [0.3, 0.4) is 0 Å². The topological polar surface area (TPSA) is 118 Å². The summed E-state index contributed by atoms with van der Waals surface area (Å²) in [6.07, 6.45) is 0.411. The van der Waals surface area contributed by atoms with Crippen molar-refractivity contribution < 1.29 is 23.2 Å². The summed E-state index contributed by atoms with van der Waals surface area (Å²) in [5.74, 6) is -1.91. The minimum atomic E-state index is -4.01. The van der Waals surface area contributed by atoms with E-state index in [0.717, 1.165) is 10.4 Å². The fourth-order valence-corrected chi connectivity index (χ4v) is 4.92. The maximum atomic E-state index is 13.0. The number of nitro benzene ring substituents is 1. The number of aryl methyl sites for hydroxylation is 1. The first-order chi connectivity index (χ1) is 11.0. The third-order valence-electron chi connectivity index (χ3n) is 4.41. The van der Waals surface area contributed by atoms with Crippen LogP contribution in [-0.4, -0.2) is 41.8 Å². The number of hydrogen-bond acceptors (Lipinski definition) is 5. The van der Waals surface area contributed by atoms with E-state index < -0.39 is 26.8 Å². The normalized spacial score (nSPS) is 22.3. The molecule has 0 saturated carbocycles. The van der Waals surface area contributed by atoms with Crippen LogP contribution in [0.5, 0.6) is 0 Å². The van der Waals surface area contributed by atoms with Gasteiger partial charge in [0, 0.05) is 25.2 Å². The van der Waals surface area contributed by atoms with Crippen LogP contribution in [0.4, 0.5) is 5.69 Å². The average molecular weight is 356 g/mol. The molecule has 1 fully saturated rings. The minimum Gasteiger partial charge on any atom is -0.481 e. The summed E-state index contributed by atoms with van der Waals surface area (Å²) < 4.78 is 27.0. The van der Waals surface area contributed by atoms with E-state index in [2.05, 4.69) is 0 Å². The number of non-ortho nitro benzene ring substituents is 1. The van der Waals surface area contributed by atoms with E-state index in [0.29, 0.717) is 17.5 Å². The van der Waals surface area contributed by atoms with E-state index in [4.69, 9.17) is 0 Å². The lowest BCUT2D eigenvalue weighted by Crippen LogP contribution is -2.45. The van der Waals surface area contributed by atoms with Gasteiger partial charge in [0.1, 0.15) is 0 Å². The molecule has 2 unspecified atom stereocenters. The van der Waals surface area contributed by atoms with Gasteiger partial charge in [0.15, 0.2) is 0 Å². The first kappa shape index (κ1) is 18.3. The average Bonchev–Trinajstić information content (AvgIpc) is 2.48. The number of nitro groups is 1. The van der Waals surface area contributed by atoms with Crippen LogP contribution in [0.15, 0.2) is 17.0 Å². The number of sulfonamides is 1. The highest BCUT2D eigenvalue weighted by molar-refractivity contribution is 7.89. The molecule has 0 aliphatic carbocycles. The van der Waals surface area contributed by atoms with E-state index in [1.54, 1.807) is 20.8 Å². The predicted octanol–water partition coefficient (Wildman–Crippen LogP) is 1.94. The zero-order chi connectivity index (χ0) is 18.2. The highest BCUT2D eigenvalue weighted by atomic mass is 32.2. The smallest absolute Gasteiger partial charge is 0.307 e. The third kappa shape index (κ3) is 3.41. The van der Waals surface area contributed by atoms with Crippen molar-refractivity contribution in [2.45, 2.75) is 32.1 Å². The fraction of sp³-hybridized carbons (Fsp3) is 0.533. The van der Waals surface area contributed by atoms with Crippen molar-refractivity contribution >= 4 is 21.7 Å². The van der Waals surface area contributed by atoms with Crippen molar-refractivity contribution in [3.05, 3.63) is 33.4 Å². The van der Waals surface area contributed by atoms with Crippen LogP contribution in [0.25, 0.3) is 0 Å². The number of hydrogen-bond donors (Lipinski definition) is 1. The lowest BCUT2D eigenvalue weighted by atomic mass is 9.92. The Morgan fingerprint density at radius 3 is 2.50 bits per heavy atom. The summed E-state index contributed by atoms with van der Waals surface area (Å²) in [5.41, 5.74) is 0.643. The number of nitrogens with zero attached hydrogens (tertiary/aromatic N) is 2. The largest absolute Gasteiger partial charge is 0.481 e. The van der Waals surface area contributed by atoms with Crippen molar-refractivity contribution in [3.63, 3.8) is 0 Å². The number of carboxylic acid groups (broad SMARTS) is 1. The highest BCUT2D eigenvalue weighted by Crippen LogP contribution is 2.31. The summed E-state index contributed by atoms with van der Waals surface area (Å²) in [7, 11) is -4.01. The van der Waals surface area contributed by atoms with Crippen molar-refractivity contribution in [2.24, 2.45) is 11.8 Å². The Kier molecular flexibility index (Phi) is 4.95. The lowest BCUT2D eigenvalue weighted by molar-refractivity contribution is -0.385. The van der Waals surface area contributed by atoms with Gasteiger partial charge in [0.2, 0.25) is 10.0 Å². The van der Waals surface area contributed by atoms with Crippen molar-refractivity contribution in [3.8, 4) is 0 Å². The van der Waals surface area contributed by atoms with Gasteiger partial charge in [0.05, 0.1) is 15.7 Å². The second-order valence-electron chi connectivity index (χ2n) is 6.34. The summed E-state index contributed by atoms with van der Waals surface area (Å²) in [6.45, 7) is 5.08. The monoisotopic (exact) mass is 356 g/mol. The molecule has 0 radical (unpaired) electrons. The van der Waals surface area contributed by atoms with Gasteiger partial charge >= 0.3 is 5.97 Å². The molecule has 132 valence electrons. The molecule has 0 amide bonds. The number of aliphatic carboxylic acids is 1. The van der Waals surface area contributed by atoms with E-state index in [1.807, 2.05) is 0 Å². The zero-order valence-electron chi connectivity index (χ0n) is 13.7. The SMILES string of the molecule is Cc1cc([N+](=O)[O-])cc(S(=O)(=O)N2CC(C)CC(C(=O)O)C2)c1C. The maximum absolute atomic E-state index is 13.0. The summed E-state index contributed by atoms with van der Waals surface area (Å²) >= 11 is 0. The summed E-state index contributed by atoms with van der Waals surface area (Å²) in [6, 6.07) is 2.37.